The van der Waals surface area contributed by atoms with Crippen molar-refractivity contribution < 1.29 is 14.3 Å². The first kappa shape index (κ1) is 6.67. The zero-order valence-corrected chi connectivity index (χ0v) is 5.95. The summed E-state index contributed by atoms with van der Waals surface area (Å²) in [5.41, 5.74) is 0. The molecule has 0 aromatic rings. The van der Waals surface area contributed by atoms with Crippen LogP contribution in [0.1, 0.15) is 0 Å². The third-order valence-corrected chi connectivity index (χ3v) is 1.80. The Labute approximate surface area is 64.2 Å². The number of carbonyl (C=O) groups excluding carboxylic acids is 1. The lowest BCUT2D eigenvalue weighted by molar-refractivity contribution is 0.0958. The van der Waals surface area contributed by atoms with Gasteiger partial charge in [0, 0.05) is 0 Å². The summed E-state index contributed by atoms with van der Waals surface area (Å²) >= 11 is 0. The number of alkyl carbamates (subject to hydrolysis) is 1. The standard InChI is InChI=1S/C7H9NO3/c9-7-8-5(4-11-7)6-2-1-3-10-6/h1-2,5-6H,3-4H2,(H,8,9)/t5-,6-/m1/s1. The van der Waals surface area contributed by atoms with Crippen LogP contribution in [0.15, 0.2) is 12.2 Å². The van der Waals surface area contributed by atoms with Crippen molar-refractivity contribution in [1.29, 1.82) is 0 Å². The minimum Gasteiger partial charge on any atom is -0.447 e. The van der Waals surface area contributed by atoms with E-state index in [4.69, 9.17) is 9.47 Å². The monoisotopic (exact) mass is 155 g/mol. The fraction of sp³-hybridized carbons (Fsp3) is 0.571. The molecule has 2 aliphatic heterocycles. The van der Waals surface area contributed by atoms with Crippen LogP contribution in [-0.2, 0) is 9.47 Å². The van der Waals surface area contributed by atoms with Crippen molar-refractivity contribution in [3.8, 4) is 0 Å². The molecule has 1 amide bonds. The van der Waals surface area contributed by atoms with Gasteiger partial charge in [-0.15, -0.1) is 0 Å². The van der Waals surface area contributed by atoms with Crippen LogP contribution in [0, 0.1) is 0 Å². The van der Waals surface area contributed by atoms with E-state index in [9.17, 15) is 4.79 Å². The number of hydrogen-bond acceptors (Lipinski definition) is 3. The van der Waals surface area contributed by atoms with Crippen LogP contribution >= 0.6 is 0 Å². The topological polar surface area (TPSA) is 47.6 Å². The predicted molar refractivity (Wildman–Crippen MR) is 37.2 cm³/mol. The van der Waals surface area contributed by atoms with Crippen molar-refractivity contribution in [2.24, 2.45) is 0 Å². The Bertz CT molecular complexity index is 202. The van der Waals surface area contributed by atoms with Crippen LogP contribution in [0.3, 0.4) is 0 Å². The number of carbonyl (C=O) groups is 1. The molecule has 1 fully saturated rings. The summed E-state index contributed by atoms with van der Waals surface area (Å²) < 4.78 is 9.99. The molecule has 2 atom stereocenters. The number of hydrogen-bond donors (Lipinski definition) is 1. The van der Waals surface area contributed by atoms with Gasteiger partial charge < -0.3 is 14.8 Å². The molecule has 0 aliphatic carbocycles. The van der Waals surface area contributed by atoms with Crippen molar-refractivity contribution in [2.75, 3.05) is 13.2 Å². The van der Waals surface area contributed by atoms with E-state index in [1.165, 1.54) is 0 Å². The van der Waals surface area contributed by atoms with E-state index in [1.54, 1.807) is 0 Å². The van der Waals surface area contributed by atoms with Crippen LogP contribution < -0.4 is 5.32 Å². The minimum absolute atomic E-state index is 0.00116. The maximum atomic E-state index is 10.6. The number of cyclic esters (lactones) is 1. The van der Waals surface area contributed by atoms with Crippen molar-refractivity contribution in [3.63, 3.8) is 0 Å². The molecule has 4 heteroatoms. The fourth-order valence-electron chi connectivity index (χ4n) is 1.24. The summed E-state index contributed by atoms with van der Waals surface area (Å²) in [5, 5.41) is 2.66. The molecule has 11 heavy (non-hydrogen) atoms. The van der Waals surface area contributed by atoms with Crippen molar-refractivity contribution in [3.05, 3.63) is 12.2 Å². The Balaban J connectivity index is 1.95. The van der Waals surface area contributed by atoms with E-state index in [1.807, 2.05) is 12.2 Å². The van der Waals surface area contributed by atoms with E-state index in [0.29, 0.717) is 13.2 Å². The summed E-state index contributed by atoms with van der Waals surface area (Å²) in [5.74, 6) is 0. The lowest BCUT2D eigenvalue weighted by atomic mass is 10.2. The molecule has 0 saturated carbocycles. The molecular formula is C7H9NO3. The van der Waals surface area contributed by atoms with E-state index in [-0.39, 0.29) is 18.2 Å². The summed E-state index contributed by atoms with van der Waals surface area (Å²) in [6, 6.07) is 0.00116. The molecule has 2 heterocycles. The molecule has 0 aromatic heterocycles. The molecule has 0 bridgehead atoms. The van der Waals surface area contributed by atoms with Gasteiger partial charge in [-0.05, 0) is 0 Å². The molecule has 1 N–H and O–H groups in total. The van der Waals surface area contributed by atoms with Crippen LogP contribution in [0.5, 0.6) is 0 Å². The Morgan fingerprint density at radius 2 is 2.55 bits per heavy atom. The first-order chi connectivity index (χ1) is 5.36. The maximum absolute atomic E-state index is 10.6. The highest BCUT2D eigenvalue weighted by molar-refractivity contribution is 5.69. The van der Waals surface area contributed by atoms with Crippen molar-refractivity contribution >= 4 is 6.09 Å². The second-order valence-corrected chi connectivity index (χ2v) is 2.58. The van der Waals surface area contributed by atoms with Gasteiger partial charge in [0.15, 0.2) is 0 Å². The zero-order chi connectivity index (χ0) is 7.68. The molecule has 0 unspecified atom stereocenters. The van der Waals surface area contributed by atoms with Gasteiger partial charge in [0.25, 0.3) is 0 Å². The highest BCUT2D eigenvalue weighted by Gasteiger charge is 2.30. The first-order valence-electron chi connectivity index (χ1n) is 3.58. The Morgan fingerprint density at radius 3 is 3.09 bits per heavy atom. The molecule has 1 saturated heterocycles. The molecule has 0 aromatic carbocycles. The van der Waals surface area contributed by atoms with Crippen LogP contribution in [0.2, 0.25) is 0 Å². The highest BCUT2D eigenvalue weighted by Crippen LogP contribution is 2.11. The Morgan fingerprint density at radius 1 is 1.64 bits per heavy atom. The second-order valence-electron chi connectivity index (χ2n) is 2.58. The van der Waals surface area contributed by atoms with Crippen molar-refractivity contribution in [2.45, 2.75) is 12.1 Å². The number of rotatable bonds is 1. The molecule has 0 spiro atoms. The van der Waals surface area contributed by atoms with Gasteiger partial charge in [0.2, 0.25) is 0 Å². The van der Waals surface area contributed by atoms with Gasteiger partial charge in [0.1, 0.15) is 6.61 Å². The molecule has 2 rings (SSSR count). The van der Waals surface area contributed by atoms with Crippen LogP contribution in [0.25, 0.3) is 0 Å². The number of amides is 1. The molecular weight excluding hydrogens is 146 g/mol. The van der Waals surface area contributed by atoms with Gasteiger partial charge in [-0.1, -0.05) is 12.2 Å². The number of nitrogens with one attached hydrogen (secondary N) is 1. The zero-order valence-electron chi connectivity index (χ0n) is 5.95. The largest absolute Gasteiger partial charge is 0.447 e. The fourth-order valence-corrected chi connectivity index (χ4v) is 1.24. The summed E-state index contributed by atoms with van der Waals surface area (Å²) in [6.45, 7) is 1.05. The van der Waals surface area contributed by atoms with E-state index < -0.39 is 0 Å². The molecule has 0 radical (unpaired) electrons. The molecule has 60 valence electrons. The lowest BCUT2D eigenvalue weighted by Gasteiger charge is -2.13. The van der Waals surface area contributed by atoms with Gasteiger partial charge in [-0.25, -0.2) is 4.79 Å². The summed E-state index contributed by atoms with van der Waals surface area (Å²) in [6.07, 6.45) is 3.54. The van der Waals surface area contributed by atoms with Crippen molar-refractivity contribution in [1.82, 2.24) is 5.32 Å². The SMILES string of the molecule is O=C1N[C@@H]([C@H]2C=CCO2)CO1. The number of ether oxygens (including phenoxy) is 2. The smallest absolute Gasteiger partial charge is 0.407 e. The molecule has 2 aliphatic rings. The third kappa shape index (κ3) is 1.21. The normalized spacial score (nSPS) is 35.5. The van der Waals surface area contributed by atoms with E-state index in [2.05, 4.69) is 5.32 Å². The average molecular weight is 155 g/mol. The second kappa shape index (κ2) is 2.54. The van der Waals surface area contributed by atoms with Crippen LogP contribution in [0.4, 0.5) is 4.79 Å². The van der Waals surface area contributed by atoms with E-state index >= 15 is 0 Å². The summed E-state index contributed by atoms with van der Waals surface area (Å²) in [4.78, 5) is 10.6. The van der Waals surface area contributed by atoms with Gasteiger partial charge in [-0.3, -0.25) is 0 Å². The third-order valence-electron chi connectivity index (χ3n) is 1.80. The lowest BCUT2D eigenvalue weighted by Crippen LogP contribution is -2.37. The van der Waals surface area contributed by atoms with Gasteiger partial charge in [-0.2, -0.15) is 0 Å². The Kier molecular flexibility index (Phi) is 1.54. The maximum Gasteiger partial charge on any atom is 0.407 e. The predicted octanol–water partition coefficient (Wildman–Crippen LogP) is 0.0498. The first-order valence-corrected chi connectivity index (χ1v) is 3.58. The Hall–Kier alpha value is -1.03. The van der Waals surface area contributed by atoms with E-state index in [0.717, 1.165) is 0 Å². The molecule has 4 nitrogen and oxygen atoms in total. The highest BCUT2D eigenvalue weighted by atomic mass is 16.6. The van der Waals surface area contributed by atoms with Gasteiger partial charge >= 0.3 is 6.09 Å². The quantitative estimate of drug-likeness (QED) is 0.544. The average Bonchev–Trinajstić information content (AvgIpc) is 2.55. The van der Waals surface area contributed by atoms with Gasteiger partial charge in [0.05, 0.1) is 18.8 Å². The van der Waals surface area contributed by atoms with Crippen LogP contribution in [-0.4, -0.2) is 31.5 Å². The minimum atomic E-state index is -0.348. The summed E-state index contributed by atoms with van der Waals surface area (Å²) in [7, 11) is 0.